The van der Waals surface area contributed by atoms with Gasteiger partial charge in [0.05, 0.1) is 12.2 Å². The minimum absolute atomic E-state index is 0.142. The number of unbranched alkanes of at least 4 members (excludes halogenated alkanes) is 4. The van der Waals surface area contributed by atoms with Crippen molar-refractivity contribution >= 4 is 40.4 Å². The Hall–Kier alpha value is -2.02. The fourth-order valence-corrected chi connectivity index (χ4v) is 6.79. The third-order valence-corrected chi connectivity index (χ3v) is 9.30. The van der Waals surface area contributed by atoms with Crippen LogP contribution in [0.25, 0.3) is 0 Å². The number of aliphatic hydroxyl groups excluding tert-OH is 1. The Morgan fingerprint density at radius 2 is 1.81 bits per heavy atom. The smallest absolute Gasteiger partial charge is 0.339 e. The van der Waals surface area contributed by atoms with Crippen molar-refractivity contribution in [3.8, 4) is 0 Å². The van der Waals surface area contributed by atoms with E-state index in [0.717, 1.165) is 54.9 Å². The molecule has 232 valence electrons. The number of benzene rings is 1. The number of carbonyl (C=O) groups excluding carboxylic acids is 3. The van der Waals surface area contributed by atoms with Crippen LogP contribution in [0.2, 0.25) is 0 Å². The summed E-state index contributed by atoms with van der Waals surface area (Å²) >= 11 is 2.12. The first-order valence-electron chi connectivity index (χ1n) is 15.5. The van der Waals surface area contributed by atoms with Crippen LogP contribution in [0, 0.1) is 3.57 Å². The van der Waals surface area contributed by atoms with Crippen molar-refractivity contribution in [2.75, 3.05) is 19.7 Å². The summed E-state index contributed by atoms with van der Waals surface area (Å²) in [4.78, 5) is 41.6. The molecular weight excluding hydrogens is 651 g/mol. The molecule has 42 heavy (non-hydrogen) atoms. The highest BCUT2D eigenvalue weighted by molar-refractivity contribution is 14.1. The second-order valence-corrected chi connectivity index (χ2v) is 12.6. The van der Waals surface area contributed by atoms with Crippen LogP contribution in [-0.4, -0.2) is 77.6 Å². The number of fused-ring (bicyclic) bond motifs is 1. The quantitative estimate of drug-likeness (QED) is 0.162. The average molecular weight is 697 g/mol. The number of carbonyl (C=O) groups is 3. The van der Waals surface area contributed by atoms with Crippen LogP contribution in [0.5, 0.6) is 0 Å². The topological polar surface area (TPSA) is 114 Å². The summed E-state index contributed by atoms with van der Waals surface area (Å²) in [5, 5.41) is 11.8. The number of hydrogen-bond acceptors (Lipinski definition) is 7. The number of likely N-dealkylation sites (tertiary alicyclic amines) is 1. The van der Waals surface area contributed by atoms with E-state index in [1.165, 1.54) is 0 Å². The third kappa shape index (κ3) is 7.92. The second-order valence-electron chi connectivity index (χ2n) is 11.5. The van der Waals surface area contributed by atoms with E-state index in [0.29, 0.717) is 30.5 Å². The first kappa shape index (κ1) is 32.9. The molecule has 1 aliphatic carbocycles. The highest BCUT2D eigenvalue weighted by Gasteiger charge is 2.53. The first-order chi connectivity index (χ1) is 20.3. The number of rotatable bonds is 14. The molecule has 0 bridgehead atoms. The van der Waals surface area contributed by atoms with Gasteiger partial charge in [0.2, 0.25) is 11.8 Å². The summed E-state index contributed by atoms with van der Waals surface area (Å²) in [7, 11) is 0. The van der Waals surface area contributed by atoms with E-state index >= 15 is 0 Å². The van der Waals surface area contributed by atoms with Crippen molar-refractivity contribution in [3.63, 3.8) is 0 Å². The van der Waals surface area contributed by atoms with Gasteiger partial charge < -0.3 is 29.5 Å². The molecule has 0 spiro atoms. The number of aliphatic hydroxyl groups is 1. The van der Waals surface area contributed by atoms with Crippen LogP contribution in [0.15, 0.2) is 35.9 Å². The van der Waals surface area contributed by atoms with E-state index < -0.39 is 36.1 Å². The van der Waals surface area contributed by atoms with Gasteiger partial charge in [-0.15, -0.1) is 0 Å². The number of esters is 1. The zero-order valence-electron chi connectivity index (χ0n) is 24.8. The van der Waals surface area contributed by atoms with Gasteiger partial charge >= 0.3 is 5.97 Å². The van der Waals surface area contributed by atoms with E-state index in [9.17, 15) is 14.4 Å². The maximum Gasteiger partial charge on any atom is 0.339 e. The maximum atomic E-state index is 13.9. The molecule has 2 heterocycles. The summed E-state index contributed by atoms with van der Waals surface area (Å²) in [6.45, 7) is 4.77. The summed E-state index contributed by atoms with van der Waals surface area (Å²) in [5.74, 6) is -1.76. The van der Waals surface area contributed by atoms with Crippen molar-refractivity contribution in [1.29, 1.82) is 0 Å². The van der Waals surface area contributed by atoms with Gasteiger partial charge in [0.1, 0.15) is 24.4 Å². The molecule has 2 amide bonds. The Kier molecular flexibility index (Phi) is 12.2. The summed E-state index contributed by atoms with van der Waals surface area (Å²) < 4.78 is 20.3. The molecule has 1 aromatic carbocycles. The standard InChI is InChI=1S/C32H45IN2O7/c1-3-5-9-15-32(16-10-6-4-2)41-27-21-22(30(38)35-18-11-14-25(35)29(37)34-17-19-36)20-26(28(27)42-32)40-31(39)23-12-7-8-13-24(23)33/h7-8,12-13,21,25-28,36H,3-6,9-11,14-20H2,1-2H3,(H,34,37)/t25-,26-,27-,28+/m1/s1. The molecule has 0 saturated carbocycles. The van der Waals surface area contributed by atoms with Gasteiger partial charge in [-0.1, -0.05) is 51.7 Å². The van der Waals surface area contributed by atoms with Gasteiger partial charge in [-0.3, -0.25) is 9.59 Å². The highest BCUT2D eigenvalue weighted by atomic mass is 127. The van der Waals surface area contributed by atoms with Gasteiger partial charge in [0, 0.05) is 41.5 Å². The average Bonchev–Trinajstić information content (AvgIpc) is 3.62. The van der Waals surface area contributed by atoms with Crippen LogP contribution in [0.3, 0.4) is 0 Å². The van der Waals surface area contributed by atoms with Gasteiger partial charge in [0.15, 0.2) is 5.79 Å². The van der Waals surface area contributed by atoms with Crippen LogP contribution < -0.4 is 5.32 Å². The molecular formula is C32H45IN2O7. The number of halogens is 1. The van der Waals surface area contributed by atoms with Gasteiger partial charge in [-0.05, 0) is 66.5 Å². The van der Waals surface area contributed by atoms with E-state index in [2.05, 4.69) is 41.8 Å². The van der Waals surface area contributed by atoms with Crippen molar-refractivity contribution in [3.05, 3.63) is 45.0 Å². The molecule has 3 aliphatic rings. The summed E-state index contributed by atoms with van der Waals surface area (Å²) in [6.07, 6.45) is 9.20. The molecule has 9 nitrogen and oxygen atoms in total. The Bertz CT molecular complexity index is 1120. The minimum atomic E-state index is -0.791. The van der Waals surface area contributed by atoms with Crippen molar-refractivity contribution < 1.29 is 33.7 Å². The van der Waals surface area contributed by atoms with E-state index in [-0.39, 0.29) is 31.4 Å². The summed E-state index contributed by atoms with van der Waals surface area (Å²) in [6, 6.07) is 6.66. The largest absolute Gasteiger partial charge is 0.455 e. The predicted octanol–water partition coefficient (Wildman–Crippen LogP) is 4.89. The van der Waals surface area contributed by atoms with Crippen molar-refractivity contribution in [1.82, 2.24) is 10.2 Å². The lowest BCUT2D eigenvalue weighted by molar-refractivity contribution is -0.190. The first-order valence-corrected chi connectivity index (χ1v) is 16.6. The van der Waals surface area contributed by atoms with E-state index in [4.69, 9.17) is 19.3 Å². The highest BCUT2D eigenvalue weighted by Crippen LogP contribution is 2.43. The number of ether oxygens (including phenoxy) is 3. The fraction of sp³-hybridized carbons (Fsp3) is 0.656. The Morgan fingerprint density at radius 1 is 1.10 bits per heavy atom. The second kappa shape index (κ2) is 15.6. The van der Waals surface area contributed by atoms with Crippen molar-refractivity contribution in [2.45, 2.75) is 115 Å². The molecule has 0 unspecified atom stereocenters. The lowest BCUT2D eigenvalue weighted by Gasteiger charge is -2.33. The van der Waals surface area contributed by atoms with E-state index in [1.54, 1.807) is 17.0 Å². The molecule has 4 rings (SSSR count). The zero-order valence-corrected chi connectivity index (χ0v) is 27.0. The molecule has 0 aromatic heterocycles. The molecule has 10 heteroatoms. The molecule has 1 aromatic rings. The SMILES string of the molecule is CCCCCC1(CCCCC)O[C@@H]2[C@@H](C=C(C(=O)N3CCC[C@@H]3C(=O)NCCO)C[C@H]2OC(=O)c2ccccc2I)O1. The summed E-state index contributed by atoms with van der Waals surface area (Å²) in [5.41, 5.74) is 0.938. The molecule has 2 saturated heterocycles. The molecule has 2 N–H and O–H groups in total. The Morgan fingerprint density at radius 3 is 2.48 bits per heavy atom. The lowest BCUT2D eigenvalue weighted by Crippen LogP contribution is -2.49. The Labute approximate surface area is 262 Å². The van der Waals surface area contributed by atoms with E-state index in [1.807, 2.05) is 18.2 Å². The fourth-order valence-electron chi connectivity index (χ4n) is 6.18. The van der Waals surface area contributed by atoms with Crippen LogP contribution in [0.4, 0.5) is 0 Å². The number of amides is 2. The number of nitrogens with one attached hydrogen (secondary N) is 1. The lowest BCUT2D eigenvalue weighted by atomic mass is 9.91. The normalized spacial score (nSPS) is 24.7. The molecule has 2 fully saturated rings. The molecule has 0 radical (unpaired) electrons. The molecule has 2 aliphatic heterocycles. The number of hydrogen-bond donors (Lipinski definition) is 2. The number of nitrogens with zero attached hydrogens (tertiary/aromatic N) is 1. The van der Waals surface area contributed by atoms with Crippen LogP contribution in [0.1, 0.15) is 94.8 Å². The van der Waals surface area contributed by atoms with Crippen molar-refractivity contribution in [2.24, 2.45) is 0 Å². The predicted molar refractivity (Wildman–Crippen MR) is 167 cm³/mol. The monoisotopic (exact) mass is 696 g/mol. The maximum absolute atomic E-state index is 13.9. The van der Waals surface area contributed by atoms with Crippen LogP contribution in [-0.2, 0) is 23.8 Å². The van der Waals surface area contributed by atoms with Crippen LogP contribution >= 0.6 is 22.6 Å². The van der Waals surface area contributed by atoms with Gasteiger partial charge in [0.25, 0.3) is 0 Å². The minimum Gasteiger partial charge on any atom is -0.455 e. The Balaban J connectivity index is 1.61. The van der Waals surface area contributed by atoms with Gasteiger partial charge in [-0.2, -0.15) is 0 Å². The zero-order chi connectivity index (χ0) is 30.1. The molecule has 4 atom stereocenters. The third-order valence-electron chi connectivity index (χ3n) is 8.36. The van der Waals surface area contributed by atoms with Gasteiger partial charge in [-0.25, -0.2) is 4.79 Å².